The largest absolute Gasteiger partial charge is 0.340 e. The highest BCUT2D eigenvalue weighted by Crippen LogP contribution is 2.23. The van der Waals surface area contributed by atoms with Crippen LogP contribution in [0.25, 0.3) is 0 Å². The van der Waals surface area contributed by atoms with Gasteiger partial charge < -0.3 is 10.6 Å². The van der Waals surface area contributed by atoms with Crippen molar-refractivity contribution in [3.63, 3.8) is 0 Å². The van der Waals surface area contributed by atoms with Crippen LogP contribution in [0.15, 0.2) is 54.6 Å². The Labute approximate surface area is 140 Å². The first-order valence-corrected chi connectivity index (χ1v) is 7.69. The Kier molecular flexibility index (Phi) is 4.44. The molecule has 0 aliphatic heterocycles. The molecule has 5 heteroatoms. The lowest BCUT2D eigenvalue weighted by Gasteiger charge is -2.11. The molecular formula is C18H17ClN4. The fourth-order valence-corrected chi connectivity index (χ4v) is 2.47. The maximum absolute atomic E-state index is 5.99. The maximum atomic E-state index is 5.99. The van der Waals surface area contributed by atoms with E-state index in [9.17, 15) is 0 Å². The average Bonchev–Trinajstić information content (AvgIpc) is 2.50. The van der Waals surface area contributed by atoms with E-state index in [0.717, 1.165) is 28.5 Å². The summed E-state index contributed by atoms with van der Waals surface area (Å²) in [5.41, 5.74) is 3.85. The lowest BCUT2D eigenvalue weighted by Crippen LogP contribution is -2.03. The zero-order valence-corrected chi connectivity index (χ0v) is 13.7. The molecule has 4 nitrogen and oxygen atoms in total. The summed E-state index contributed by atoms with van der Waals surface area (Å²) in [4.78, 5) is 8.96. The molecular weight excluding hydrogens is 308 g/mol. The van der Waals surface area contributed by atoms with Gasteiger partial charge in [0.05, 0.1) is 0 Å². The van der Waals surface area contributed by atoms with Crippen molar-refractivity contribution < 1.29 is 0 Å². The lowest BCUT2D eigenvalue weighted by molar-refractivity contribution is 1.10. The second-order valence-electron chi connectivity index (χ2n) is 5.29. The van der Waals surface area contributed by atoms with E-state index >= 15 is 0 Å². The Morgan fingerprint density at radius 1 is 0.870 bits per heavy atom. The Bertz CT molecular complexity index is 819. The number of aromatic nitrogens is 2. The quantitative estimate of drug-likeness (QED) is 0.689. The van der Waals surface area contributed by atoms with Gasteiger partial charge in [0.2, 0.25) is 5.95 Å². The van der Waals surface area contributed by atoms with Crippen molar-refractivity contribution in [2.45, 2.75) is 13.8 Å². The standard InChI is InChI=1S/C18H17ClN4/c1-12-10-14(19)8-9-16(12)22-18-20-13(2)11-17(23-18)21-15-6-4-3-5-7-15/h3-11H,1-2H3,(H2,20,21,22,23). The molecule has 3 aromatic rings. The summed E-state index contributed by atoms with van der Waals surface area (Å²) < 4.78 is 0. The molecule has 0 aliphatic rings. The first-order chi connectivity index (χ1) is 11.1. The molecule has 0 fully saturated rings. The van der Waals surface area contributed by atoms with E-state index in [2.05, 4.69) is 20.6 Å². The van der Waals surface area contributed by atoms with Crippen LogP contribution in [0.1, 0.15) is 11.3 Å². The van der Waals surface area contributed by atoms with Gasteiger partial charge in [0.1, 0.15) is 5.82 Å². The number of para-hydroxylation sites is 1. The molecule has 116 valence electrons. The molecule has 0 saturated heterocycles. The van der Waals surface area contributed by atoms with Crippen molar-refractivity contribution in [1.82, 2.24) is 9.97 Å². The van der Waals surface area contributed by atoms with Crippen LogP contribution in [0.4, 0.5) is 23.1 Å². The number of hydrogen-bond donors (Lipinski definition) is 2. The summed E-state index contributed by atoms with van der Waals surface area (Å²) in [5, 5.41) is 7.24. The first kappa shape index (κ1) is 15.3. The van der Waals surface area contributed by atoms with Gasteiger partial charge in [-0.05, 0) is 49.7 Å². The minimum atomic E-state index is 0.550. The van der Waals surface area contributed by atoms with Crippen LogP contribution >= 0.6 is 11.6 Å². The van der Waals surface area contributed by atoms with Gasteiger partial charge >= 0.3 is 0 Å². The van der Waals surface area contributed by atoms with Crippen molar-refractivity contribution in [3.05, 3.63) is 70.9 Å². The fourth-order valence-electron chi connectivity index (χ4n) is 2.25. The number of nitrogens with one attached hydrogen (secondary N) is 2. The summed E-state index contributed by atoms with van der Waals surface area (Å²) >= 11 is 5.99. The summed E-state index contributed by atoms with van der Waals surface area (Å²) in [6, 6.07) is 17.5. The average molecular weight is 325 g/mol. The molecule has 23 heavy (non-hydrogen) atoms. The third kappa shape index (κ3) is 3.99. The highest BCUT2D eigenvalue weighted by Gasteiger charge is 2.05. The highest BCUT2D eigenvalue weighted by atomic mass is 35.5. The van der Waals surface area contributed by atoms with E-state index in [-0.39, 0.29) is 0 Å². The van der Waals surface area contributed by atoms with E-state index in [4.69, 9.17) is 11.6 Å². The third-order valence-corrected chi connectivity index (χ3v) is 3.57. The lowest BCUT2D eigenvalue weighted by atomic mass is 10.2. The second-order valence-corrected chi connectivity index (χ2v) is 5.73. The van der Waals surface area contributed by atoms with Gasteiger partial charge in [0.25, 0.3) is 0 Å². The topological polar surface area (TPSA) is 49.8 Å². The normalized spacial score (nSPS) is 10.4. The maximum Gasteiger partial charge on any atom is 0.229 e. The second kappa shape index (κ2) is 6.67. The number of anilines is 4. The summed E-state index contributed by atoms with van der Waals surface area (Å²) in [6.07, 6.45) is 0. The molecule has 2 aromatic carbocycles. The van der Waals surface area contributed by atoms with Crippen LogP contribution in [0.5, 0.6) is 0 Å². The monoisotopic (exact) mass is 324 g/mol. The number of aryl methyl sites for hydroxylation is 2. The Balaban J connectivity index is 1.85. The smallest absolute Gasteiger partial charge is 0.229 e. The van der Waals surface area contributed by atoms with Crippen LogP contribution in [0.2, 0.25) is 5.02 Å². The number of benzene rings is 2. The van der Waals surface area contributed by atoms with Crippen LogP contribution in [0.3, 0.4) is 0 Å². The third-order valence-electron chi connectivity index (χ3n) is 3.34. The molecule has 0 saturated carbocycles. The molecule has 0 atom stereocenters. The van der Waals surface area contributed by atoms with Gasteiger partial charge in [-0.3, -0.25) is 0 Å². The van der Waals surface area contributed by atoms with Gasteiger partial charge in [0, 0.05) is 28.2 Å². The zero-order chi connectivity index (χ0) is 16.2. The van der Waals surface area contributed by atoms with Gasteiger partial charge in [-0.2, -0.15) is 4.98 Å². The van der Waals surface area contributed by atoms with Gasteiger partial charge in [-0.25, -0.2) is 4.98 Å². The highest BCUT2D eigenvalue weighted by molar-refractivity contribution is 6.30. The minimum Gasteiger partial charge on any atom is -0.340 e. The van der Waals surface area contributed by atoms with Gasteiger partial charge in [-0.15, -0.1) is 0 Å². The SMILES string of the molecule is Cc1cc(Nc2ccccc2)nc(Nc2ccc(Cl)cc2C)n1. The van der Waals surface area contributed by atoms with Crippen molar-refractivity contribution in [2.75, 3.05) is 10.6 Å². The number of nitrogens with zero attached hydrogens (tertiary/aromatic N) is 2. The van der Waals surface area contributed by atoms with Crippen molar-refractivity contribution in [1.29, 1.82) is 0 Å². The molecule has 0 radical (unpaired) electrons. The van der Waals surface area contributed by atoms with E-state index in [1.165, 1.54) is 0 Å². The number of rotatable bonds is 4. The number of hydrogen-bond acceptors (Lipinski definition) is 4. The van der Waals surface area contributed by atoms with Gasteiger partial charge in [0.15, 0.2) is 0 Å². The summed E-state index contributed by atoms with van der Waals surface area (Å²) in [7, 11) is 0. The van der Waals surface area contributed by atoms with E-state index in [0.29, 0.717) is 11.0 Å². The molecule has 2 N–H and O–H groups in total. The molecule has 0 bridgehead atoms. The summed E-state index contributed by atoms with van der Waals surface area (Å²) in [6.45, 7) is 3.94. The number of halogens is 1. The molecule has 1 heterocycles. The Morgan fingerprint density at radius 2 is 1.65 bits per heavy atom. The van der Waals surface area contributed by atoms with Gasteiger partial charge in [-0.1, -0.05) is 29.8 Å². The molecule has 0 spiro atoms. The molecule has 0 amide bonds. The molecule has 1 aromatic heterocycles. The first-order valence-electron chi connectivity index (χ1n) is 7.31. The molecule has 0 unspecified atom stereocenters. The van der Waals surface area contributed by atoms with Crippen molar-refractivity contribution >= 4 is 34.7 Å². The fraction of sp³-hybridized carbons (Fsp3) is 0.111. The zero-order valence-electron chi connectivity index (χ0n) is 13.0. The molecule has 0 aliphatic carbocycles. The van der Waals surface area contributed by atoms with Crippen LogP contribution in [0, 0.1) is 13.8 Å². The van der Waals surface area contributed by atoms with Crippen molar-refractivity contribution in [2.24, 2.45) is 0 Å². The van der Waals surface area contributed by atoms with Crippen molar-refractivity contribution in [3.8, 4) is 0 Å². The predicted octanol–water partition coefficient (Wildman–Crippen LogP) is 5.23. The van der Waals surface area contributed by atoms with E-state index in [1.807, 2.05) is 68.4 Å². The predicted molar refractivity (Wildman–Crippen MR) is 96.0 cm³/mol. The van der Waals surface area contributed by atoms with E-state index in [1.54, 1.807) is 0 Å². The Hall–Kier alpha value is -2.59. The molecule has 3 rings (SSSR count). The van der Waals surface area contributed by atoms with Crippen LogP contribution in [-0.4, -0.2) is 9.97 Å². The summed E-state index contributed by atoms with van der Waals surface area (Å²) in [5.74, 6) is 1.30. The Morgan fingerprint density at radius 3 is 2.39 bits per heavy atom. The van der Waals surface area contributed by atoms with Crippen LogP contribution in [-0.2, 0) is 0 Å². The minimum absolute atomic E-state index is 0.550. The van der Waals surface area contributed by atoms with E-state index < -0.39 is 0 Å². The van der Waals surface area contributed by atoms with Crippen LogP contribution < -0.4 is 10.6 Å².